The number of rotatable bonds is 4. The van der Waals surface area contributed by atoms with Gasteiger partial charge in [-0.25, -0.2) is 0 Å². The number of methoxy groups -OCH3 is 1. The largest absolute Gasteiger partial charge is 0.469 e. The van der Waals surface area contributed by atoms with Gasteiger partial charge in [0.15, 0.2) is 0 Å². The van der Waals surface area contributed by atoms with Crippen molar-refractivity contribution in [3.63, 3.8) is 0 Å². The van der Waals surface area contributed by atoms with Crippen molar-refractivity contribution in [1.29, 1.82) is 0 Å². The molecule has 3 nitrogen and oxygen atoms in total. The molecule has 0 aliphatic heterocycles. The van der Waals surface area contributed by atoms with Gasteiger partial charge in [-0.1, -0.05) is 51.1 Å². The molecule has 2 fully saturated rings. The number of fused-ring (bicyclic) bond motifs is 2. The Labute approximate surface area is 139 Å². The average molecular weight is 316 g/mol. The monoisotopic (exact) mass is 316 g/mol. The van der Waals surface area contributed by atoms with Crippen LogP contribution in [0, 0.1) is 28.6 Å². The van der Waals surface area contributed by atoms with Crippen LogP contribution < -0.4 is 0 Å². The molecular formula is C20H28O3. The fourth-order valence-electron chi connectivity index (χ4n) is 5.50. The van der Waals surface area contributed by atoms with Crippen molar-refractivity contribution in [2.45, 2.75) is 46.1 Å². The molecule has 2 aliphatic carbocycles. The van der Waals surface area contributed by atoms with Gasteiger partial charge >= 0.3 is 5.97 Å². The van der Waals surface area contributed by atoms with Gasteiger partial charge in [-0.2, -0.15) is 0 Å². The van der Waals surface area contributed by atoms with Gasteiger partial charge in [0.25, 0.3) is 0 Å². The Morgan fingerprint density at radius 3 is 2.57 bits per heavy atom. The third-order valence-electron chi connectivity index (χ3n) is 7.14. The van der Waals surface area contributed by atoms with Crippen LogP contribution in [0.2, 0.25) is 0 Å². The number of esters is 1. The number of hydrogen-bond donors (Lipinski definition) is 1. The van der Waals surface area contributed by atoms with E-state index in [4.69, 9.17) is 4.74 Å². The predicted molar refractivity (Wildman–Crippen MR) is 89.6 cm³/mol. The lowest BCUT2D eigenvalue weighted by Gasteiger charge is -2.38. The minimum atomic E-state index is -0.521. The molecule has 0 unspecified atom stereocenters. The molecule has 2 saturated carbocycles. The first-order valence-electron chi connectivity index (χ1n) is 8.64. The quantitative estimate of drug-likeness (QED) is 0.855. The molecule has 1 aromatic carbocycles. The highest BCUT2D eigenvalue weighted by atomic mass is 16.5. The van der Waals surface area contributed by atoms with E-state index in [1.165, 1.54) is 7.11 Å². The molecule has 5 atom stereocenters. The van der Waals surface area contributed by atoms with Crippen LogP contribution in [0.1, 0.15) is 51.7 Å². The summed E-state index contributed by atoms with van der Waals surface area (Å²) in [5.74, 6) is 0.439. The summed E-state index contributed by atoms with van der Waals surface area (Å²) in [6.45, 7) is 6.81. The zero-order chi connectivity index (χ0) is 16.8. The summed E-state index contributed by atoms with van der Waals surface area (Å²) in [6, 6.07) is 9.76. The smallest absolute Gasteiger partial charge is 0.309 e. The average Bonchev–Trinajstić information content (AvgIpc) is 2.86. The molecule has 1 aromatic rings. The lowest BCUT2D eigenvalue weighted by molar-refractivity contribution is -0.153. The van der Waals surface area contributed by atoms with Crippen molar-refractivity contribution in [3.8, 4) is 0 Å². The highest BCUT2D eigenvalue weighted by Gasteiger charge is 2.68. The summed E-state index contributed by atoms with van der Waals surface area (Å²) in [7, 11) is 1.48. The lowest BCUT2D eigenvalue weighted by atomic mass is 9.65. The van der Waals surface area contributed by atoms with Gasteiger partial charge in [0, 0.05) is 0 Å². The number of hydrogen-bond acceptors (Lipinski definition) is 3. The van der Waals surface area contributed by atoms with Crippen molar-refractivity contribution in [1.82, 2.24) is 0 Å². The second-order valence-corrected chi connectivity index (χ2v) is 8.11. The Bertz CT molecular complexity index is 580. The predicted octanol–water partition coefficient (Wildman–Crippen LogP) is 3.97. The fraction of sp³-hybridized carbons (Fsp3) is 0.650. The van der Waals surface area contributed by atoms with Gasteiger partial charge < -0.3 is 9.84 Å². The number of aliphatic hydroxyl groups is 1. The van der Waals surface area contributed by atoms with Crippen LogP contribution in [0.4, 0.5) is 0 Å². The van der Waals surface area contributed by atoms with Crippen LogP contribution in [0.25, 0.3) is 0 Å². The summed E-state index contributed by atoms with van der Waals surface area (Å²) in [4.78, 5) is 12.5. The van der Waals surface area contributed by atoms with E-state index in [1.54, 1.807) is 0 Å². The van der Waals surface area contributed by atoms with Gasteiger partial charge in [-0.15, -0.1) is 0 Å². The summed E-state index contributed by atoms with van der Waals surface area (Å²) in [6.07, 6.45) is 2.33. The van der Waals surface area contributed by atoms with Crippen molar-refractivity contribution < 1.29 is 14.6 Å². The first-order valence-corrected chi connectivity index (χ1v) is 8.64. The molecule has 0 aromatic heterocycles. The molecule has 0 heterocycles. The molecule has 3 rings (SSSR count). The van der Waals surface area contributed by atoms with E-state index >= 15 is 0 Å². The van der Waals surface area contributed by atoms with E-state index in [0.717, 1.165) is 18.4 Å². The van der Waals surface area contributed by atoms with Gasteiger partial charge in [0.2, 0.25) is 0 Å². The topological polar surface area (TPSA) is 46.5 Å². The van der Waals surface area contributed by atoms with Crippen LogP contribution in [0.3, 0.4) is 0 Å². The molecule has 23 heavy (non-hydrogen) atoms. The molecule has 2 aliphatic rings. The van der Waals surface area contributed by atoms with Gasteiger partial charge in [-0.05, 0) is 47.5 Å². The van der Waals surface area contributed by atoms with Gasteiger partial charge in [-0.3, -0.25) is 4.79 Å². The highest BCUT2D eigenvalue weighted by molar-refractivity contribution is 5.75. The Morgan fingerprint density at radius 1 is 1.30 bits per heavy atom. The third-order valence-corrected chi connectivity index (χ3v) is 7.14. The Hall–Kier alpha value is -1.35. The summed E-state index contributed by atoms with van der Waals surface area (Å²) in [5.41, 5.74) is 1.00. The first-order chi connectivity index (χ1) is 10.8. The molecule has 2 bridgehead atoms. The summed E-state index contributed by atoms with van der Waals surface area (Å²) in [5, 5.41) is 10.7. The lowest BCUT2D eigenvalue weighted by Crippen LogP contribution is -2.39. The standard InChI is InChI=1S/C20H28O3/c1-19(2)15-10-11-20(19,3)17(18(22)23-4)14(15)12-16(21)13-8-6-5-7-9-13/h5-9,14-17,21H,10-12H2,1-4H3/t14-,15+,16-,17-,20+/m0/s1. The number of carbonyl (C=O) groups is 1. The molecule has 126 valence electrons. The molecule has 3 heteroatoms. The van der Waals surface area contributed by atoms with Crippen molar-refractivity contribution in [2.24, 2.45) is 28.6 Å². The van der Waals surface area contributed by atoms with E-state index in [2.05, 4.69) is 20.8 Å². The Morgan fingerprint density at radius 2 is 1.96 bits per heavy atom. The maximum Gasteiger partial charge on any atom is 0.309 e. The van der Waals surface area contributed by atoms with Crippen molar-refractivity contribution in [3.05, 3.63) is 35.9 Å². The maximum atomic E-state index is 12.5. The van der Waals surface area contributed by atoms with Crippen molar-refractivity contribution in [2.75, 3.05) is 7.11 Å². The summed E-state index contributed by atoms with van der Waals surface area (Å²) < 4.78 is 5.14. The molecule has 0 amide bonds. The van der Waals surface area contributed by atoms with Crippen LogP contribution in [0.5, 0.6) is 0 Å². The molecular weight excluding hydrogens is 288 g/mol. The van der Waals surface area contributed by atoms with Gasteiger partial charge in [0.1, 0.15) is 0 Å². The normalized spacial score (nSPS) is 36.0. The number of aliphatic hydroxyl groups excluding tert-OH is 1. The molecule has 0 spiro atoms. The van der Waals surface area contributed by atoms with E-state index in [0.29, 0.717) is 12.3 Å². The fourth-order valence-corrected chi connectivity index (χ4v) is 5.50. The van der Waals surface area contributed by atoms with E-state index in [9.17, 15) is 9.90 Å². The number of benzene rings is 1. The highest BCUT2D eigenvalue weighted by Crippen LogP contribution is 2.71. The Balaban J connectivity index is 1.90. The van der Waals surface area contributed by atoms with Crippen LogP contribution >= 0.6 is 0 Å². The van der Waals surface area contributed by atoms with Crippen LogP contribution in [-0.2, 0) is 9.53 Å². The van der Waals surface area contributed by atoms with Crippen LogP contribution in [0.15, 0.2) is 30.3 Å². The van der Waals surface area contributed by atoms with E-state index in [-0.39, 0.29) is 28.6 Å². The molecule has 0 radical (unpaired) electrons. The second-order valence-electron chi connectivity index (χ2n) is 8.11. The van der Waals surface area contributed by atoms with E-state index < -0.39 is 6.10 Å². The second kappa shape index (κ2) is 5.62. The maximum absolute atomic E-state index is 12.5. The van der Waals surface area contributed by atoms with Crippen LogP contribution in [-0.4, -0.2) is 18.2 Å². The number of ether oxygens (including phenoxy) is 1. The van der Waals surface area contributed by atoms with E-state index in [1.807, 2.05) is 30.3 Å². The minimum absolute atomic E-state index is 0.0359. The zero-order valence-electron chi connectivity index (χ0n) is 14.6. The molecule has 1 N–H and O–H groups in total. The van der Waals surface area contributed by atoms with Gasteiger partial charge in [0.05, 0.1) is 19.1 Å². The third kappa shape index (κ3) is 2.32. The Kier molecular flexibility index (Phi) is 4.04. The summed E-state index contributed by atoms with van der Waals surface area (Å²) >= 11 is 0. The minimum Gasteiger partial charge on any atom is -0.469 e. The number of carbonyl (C=O) groups excluding carboxylic acids is 1. The van der Waals surface area contributed by atoms with Crippen molar-refractivity contribution >= 4 is 5.97 Å². The SMILES string of the molecule is COC(=O)[C@@H]1[C@@H](C[C@H](O)c2ccccc2)[C@H]2CC[C@@]1(C)C2(C)C. The molecule has 0 saturated heterocycles. The first kappa shape index (κ1) is 16.5. The zero-order valence-corrected chi connectivity index (χ0v) is 14.6.